The minimum absolute atomic E-state index is 0.0932. The van der Waals surface area contributed by atoms with Gasteiger partial charge in [0, 0.05) is 0 Å². The number of sulfone groups is 1. The molecule has 3 N–H and O–H groups in total. The lowest BCUT2D eigenvalue weighted by molar-refractivity contribution is 0.475. The van der Waals surface area contributed by atoms with Gasteiger partial charge < -0.3 is 10.8 Å². The molecule has 78 valence electrons. The Hall–Kier alpha value is -1.75. The largest absolute Gasteiger partial charge is 0.508 e. The fraction of sp³-hybridized carbons (Fsp3) is 0. The average Bonchev–Trinajstić information content (AvgIpc) is 2.44. The Labute approximate surface area is 87.3 Å². The molecular weight excluding hydrogens is 214 g/mol. The molecule has 0 saturated carbocycles. The molecule has 0 aromatic heterocycles. The van der Waals surface area contributed by atoms with Crippen LogP contribution in [0.25, 0.3) is 4.91 Å². The molecule has 0 radical (unpaired) electrons. The minimum Gasteiger partial charge on any atom is -0.508 e. The number of allylic oxidation sites excluding steroid dienone is 2. The topological polar surface area (TPSA) is 80.4 Å². The van der Waals surface area contributed by atoms with Crippen LogP contribution in [0, 0.1) is 0 Å². The van der Waals surface area contributed by atoms with Crippen LogP contribution in [-0.4, -0.2) is 13.5 Å². The van der Waals surface area contributed by atoms with Gasteiger partial charge in [-0.05, 0) is 42.0 Å². The molecular formula is C10H9NO3S. The summed E-state index contributed by atoms with van der Waals surface area (Å²) < 4.78 is 23.3. The van der Waals surface area contributed by atoms with Crippen LogP contribution in [0.3, 0.4) is 0 Å². The van der Waals surface area contributed by atoms with Gasteiger partial charge in [0.2, 0.25) is 9.84 Å². The highest BCUT2D eigenvalue weighted by atomic mass is 32.2. The van der Waals surface area contributed by atoms with Gasteiger partial charge in [-0.15, -0.1) is 0 Å². The summed E-state index contributed by atoms with van der Waals surface area (Å²) in [4.78, 5) is 0.167. The van der Waals surface area contributed by atoms with Crippen molar-refractivity contribution in [1.29, 1.82) is 0 Å². The SMILES string of the molecule is NC1=CC=C(c2ccc(O)cc2)S1(=O)=O. The first-order valence-electron chi connectivity index (χ1n) is 4.24. The van der Waals surface area contributed by atoms with Gasteiger partial charge in [-0.3, -0.25) is 0 Å². The van der Waals surface area contributed by atoms with Gasteiger partial charge in [0.1, 0.15) is 10.8 Å². The van der Waals surface area contributed by atoms with Gasteiger partial charge >= 0.3 is 0 Å². The maximum absolute atomic E-state index is 11.7. The van der Waals surface area contributed by atoms with Crippen LogP contribution in [-0.2, 0) is 9.84 Å². The number of hydrogen-bond acceptors (Lipinski definition) is 4. The average molecular weight is 223 g/mol. The number of nitrogens with two attached hydrogens (primary N) is 1. The highest BCUT2D eigenvalue weighted by Gasteiger charge is 2.26. The van der Waals surface area contributed by atoms with Crippen molar-refractivity contribution in [3.63, 3.8) is 0 Å². The van der Waals surface area contributed by atoms with Crippen LogP contribution >= 0.6 is 0 Å². The summed E-state index contributed by atoms with van der Waals surface area (Å²) in [7, 11) is -3.51. The summed E-state index contributed by atoms with van der Waals surface area (Å²) in [5, 5.41) is 8.93. The summed E-state index contributed by atoms with van der Waals surface area (Å²) >= 11 is 0. The monoisotopic (exact) mass is 223 g/mol. The fourth-order valence-electron chi connectivity index (χ4n) is 1.34. The number of phenolic OH excluding ortho intramolecular Hbond substituents is 1. The number of aromatic hydroxyl groups is 1. The lowest BCUT2D eigenvalue weighted by atomic mass is 10.2. The van der Waals surface area contributed by atoms with Crippen LogP contribution in [0.5, 0.6) is 5.75 Å². The predicted molar refractivity (Wildman–Crippen MR) is 57.3 cm³/mol. The molecule has 0 fully saturated rings. The van der Waals surface area contributed by atoms with Gasteiger partial charge in [0.05, 0.1) is 4.91 Å². The maximum Gasteiger partial charge on any atom is 0.221 e. The highest BCUT2D eigenvalue weighted by Crippen LogP contribution is 2.30. The number of rotatable bonds is 1. The standard InChI is InChI=1S/C10H9NO3S/c11-10-6-5-9(15(10,13)14)7-1-3-8(12)4-2-7/h1-6,12H,11H2. The first kappa shape index (κ1) is 9.79. The molecule has 0 aliphatic carbocycles. The van der Waals surface area contributed by atoms with Gasteiger partial charge in [-0.2, -0.15) is 0 Å². The third kappa shape index (κ3) is 1.50. The molecule has 1 heterocycles. The lowest BCUT2D eigenvalue weighted by Crippen LogP contribution is -2.09. The Morgan fingerprint density at radius 2 is 1.67 bits per heavy atom. The van der Waals surface area contributed by atoms with Gasteiger partial charge in [0.25, 0.3) is 0 Å². The number of phenols is 1. The smallest absolute Gasteiger partial charge is 0.221 e. The van der Waals surface area contributed by atoms with E-state index in [9.17, 15) is 8.42 Å². The fourth-order valence-corrected chi connectivity index (χ4v) is 2.54. The molecule has 1 aromatic rings. The molecule has 5 heteroatoms. The van der Waals surface area contributed by atoms with Crippen LogP contribution < -0.4 is 5.73 Å². The molecule has 2 rings (SSSR count). The van der Waals surface area contributed by atoms with E-state index in [1.54, 1.807) is 0 Å². The second-order valence-electron chi connectivity index (χ2n) is 3.15. The molecule has 1 aromatic carbocycles. The summed E-state index contributed by atoms with van der Waals surface area (Å²) in [6.45, 7) is 0. The van der Waals surface area contributed by atoms with Crippen LogP contribution in [0.15, 0.2) is 41.4 Å². The Bertz CT molecular complexity index is 553. The molecule has 0 bridgehead atoms. The predicted octanol–water partition coefficient (Wildman–Crippen LogP) is 0.962. The van der Waals surface area contributed by atoms with Crippen molar-refractivity contribution in [2.24, 2.45) is 5.73 Å². The third-order valence-corrected chi connectivity index (χ3v) is 3.86. The van der Waals surface area contributed by atoms with Gasteiger partial charge in [-0.1, -0.05) is 0 Å². The Morgan fingerprint density at radius 1 is 1.07 bits per heavy atom. The molecule has 1 aliphatic heterocycles. The van der Waals surface area contributed by atoms with Crippen LogP contribution in [0.2, 0.25) is 0 Å². The van der Waals surface area contributed by atoms with Gasteiger partial charge in [0.15, 0.2) is 0 Å². The molecule has 0 amide bonds. The molecule has 4 nitrogen and oxygen atoms in total. The van der Waals surface area contributed by atoms with E-state index in [4.69, 9.17) is 10.8 Å². The molecule has 1 aliphatic rings. The summed E-state index contributed by atoms with van der Waals surface area (Å²) in [5.41, 5.74) is 5.86. The van der Waals surface area contributed by atoms with Crippen molar-refractivity contribution >= 4 is 14.7 Å². The molecule has 0 spiro atoms. The molecule has 0 saturated heterocycles. The summed E-state index contributed by atoms with van der Waals surface area (Å²) in [5.74, 6) is 0.0932. The number of benzene rings is 1. The second-order valence-corrected chi connectivity index (χ2v) is 5.07. The first-order chi connectivity index (χ1) is 7.01. The van der Waals surface area contributed by atoms with Crippen molar-refractivity contribution in [3.8, 4) is 5.75 Å². The summed E-state index contributed by atoms with van der Waals surface area (Å²) in [6.07, 6.45) is 2.81. The van der Waals surface area contributed by atoms with E-state index >= 15 is 0 Å². The maximum atomic E-state index is 11.7. The zero-order chi connectivity index (χ0) is 11.1. The van der Waals surface area contributed by atoms with E-state index < -0.39 is 9.84 Å². The minimum atomic E-state index is -3.51. The van der Waals surface area contributed by atoms with E-state index in [-0.39, 0.29) is 15.7 Å². The van der Waals surface area contributed by atoms with E-state index in [0.29, 0.717) is 5.56 Å². The van der Waals surface area contributed by atoms with Crippen molar-refractivity contribution in [2.75, 3.05) is 0 Å². The van der Waals surface area contributed by atoms with Crippen molar-refractivity contribution in [3.05, 3.63) is 47.0 Å². The quantitative estimate of drug-likeness (QED) is 0.743. The van der Waals surface area contributed by atoms with E-state index in [2.05, 4.69) is 0 Å². The Balaban J connectivity index is 2.49. The van der Waals surface area contributed by atoms with Crippen LogP contribution in [0.4, 0.5) is 0 Å². The Kier molecular flexibility index (Phi) is 2.04. The van der Waals surface area contributed by atoms with Crippen molar-refractivity contribution in [2.45, 2.75) is 0 Å². The normalized spacial score (nSPS) is 18.4. The van der Waals surface area contributed by atoms with E-state index in [1.165, 1.54) is 36.4 Å². The third-order valence-electron chi connectivity index (χ3n) is 2.15. The number of hydrogen-bond donors (Lipinski definition) is 2. The van der Waals surface area contributed by atoms with E-state index in [1.807, 2.05) is 0 Å². The molecule has 0 atom stereocenters. The van der Waals surface area contributed by atoms with E-state index in [0.717, 1.165) is 0 Å². The summed E-state index contributed by atoms with van der Waals surface area (Å²) in [6, 6.07) is 5.93. The van der Waals surface area contributed by atoms with Crippen molar-refractivity contribution in [1.82, 2.24) is 0 Å². The molecule has 0 unspecified atom stereocenters. The Morgan fingerprint density at radius 3 is 2.13 bits per heavy atom. The zero-order valence-corrected chi connectivity index (χ0v) is 8.53. The van der Waals surface area contributed by atoms with Crippen molar-refractivity contribution < 1.29 is 13.5 Å². The van der Waals surface area contributed by atoms with Gasteiger partial charge in [-0.25, -0.2) is 8.42 Å². The zero-order valence-electron chi connectivity index (χ0n) is 7.71. The highest BCUT2D eigenvalue weighted by molar-refractivity contribution is 8.04. The molecule has 15 heavy (non-hydrogen) atoms. The lowest BCUT2D eigenvalue weighted by Gasteiger charge is -2.04. The second kappa shape index (κ2) is 3.13. The first-order valence-corrected chi connectivity index (χ1v) is 5.72. The van der Waals surface area contributed by atoms with Crippen LogP contribution in [0.1, 0.15) is 5.56 Å².